The fraction of sp³-hybridized carbons (Fsp3) is 0.0455. The standard InChI is InChI=1S/C22H16BrN3O3/c1-28-19-12-9-16(23)13-18(19)20(27)24-17-10-7-15(8-11-17)22-26-25-21(29-22)14-5-3-2-4-6-14/h2-13H,1H3,(H,24,27). The van der Waals surface area contributed by atoms with Crippen LogP contribution in [0.5, 0.6) is 5.75 Å². The van der Waals surface area contributed by atoms with Gasteiger partial charge in [0.25, 0.3) is 5.91 Å². The van der Waals surface area contributed by atoms with Gasteiger partial charge in [-0.2, -0.15) is 0 Å². The molecule has 1 aromatic heterocycles. The van der Waals surface area contributed by atoms with E-state index in [9.17, 15) is 4.79 Å². The number of anilines is 1. The molecule has 0 aliphatic heterocycles. The van der Waals surface area contributed by atoms with E-state index in [0.29, 0.717) is 28.8 Å². The van der Waals surface area contributed by atoms with E-state index in [-0.39, 0.29) is 5.91 Å². The molecule has 0 fully saturated rings. The van der Waals surface area contributed by atoms with Crippen LogP contribution in [0.25, 0.3) is 22.9 Å². The van der Waals surface area contributed by atoms with Crippen molar-refractivity contribution in [1.29, 1.82) is 0 Å². The zero-order valence-corrected chi connectivity index (χ0v) is 17.0. The van der Waals surface area contributed by atoms with Gasteiger partial charge < -0.3 is 14.5 Å². The first-order valence-corrected chi connectivity index (χ1v) is 9.57. The Bertz CT molecular complexity index is 1140. The predicted octanol–water partition coefficient (Wildman–Crippen LogP) is 5.43. The first-order valence-electron chi connectivity index (χ1n) is 8.78. The van der Waals surface area contributed by atoms with Crippen molar-refractivity contribution in [3.63, 3.8) is 0 Å². The molecule has 0 radical (unpaired) electrons. The number of rotatable bonds is 5. The highest BCUT2D eigenvalue weighted by Crippen LogP contribution is 2.26. The maximum Gasteiger partial charge on any atom is 0.259 e. The second-order valence-electron chi connectivity index (χ2n) is 6.15. The minimum atomic E-state index is -0.264. The molecule has 3 aromatic carbocycles. The van der Waals surface area contributed by atoms with Crippen LogP contribution in [0.1, 0.15) is 10.4 Å². The van der Waals surface area contributed by atoms with Crippen LogP contribution in [-0.2, 0) is 0 Å². The predicted molar refractivity (Wildman–Crippen MR) is 114 cm³/mol. The smallest absolute Gasteiger partial charge is 0.259 e. The normalized spacial score (nSPS) is 10.6. The Morgan fingerprint density at radius 1 is 0.931 bits per heavy atom. The number of methoxy groups -OCH3 is 1. The molecule has 0 saturated heterocycles. The fourth-order valence-electron chi connectivity index (χ4n) is 2.79. The summed E-state index contributed by atoms with van der Waals surface area (Å²) in [5.41, 5.74) is 2.70. The SMILES string of the molecule is COc1ccc(Br)cc1C(=O)Nc1ccc(-c2nnc(-c3ccccc3)o2)cc1. The highest BCUT2D eigenvalue weighted by Gasteiger charge is 2.14. The van der Waals surface area contributed by atoms with Gasteiger partial charge in [-0.25, -0.2) is 0 Å². The highest BCUT2D eigenvalue weighted by molar-refractivity contribution is 9.10. The molecule has 29 heavy (non-hydrogen) atoms. The number of nitrogens with one attached hydrogen (secondary N) is 1. The van der Waals surface area contributed by atoms with Gasteiger partial charge in [0.1, 0.15) is 5.75 Å². The molecule has 0 saturated carbocycles. The maximum absolute atomic E-state index is 12.6. The Morgan fingerprint density at radius 2 is 1.59 bits per heavy atom. The average molecular weight is 450 g/mol. The summed E-state index contributed by atoms with van der Waals surface area (Å²) in [4.78, 5) is 12.6. The van der Waals surface area contributed by atoms with Crippen LogP contribution >= 0.6 is 15.9 Å². The lowest BCUT2D eigenvalue weighted by molar-refractivity contribution is 0.102. The molecule has 4 rings (SSSR count). The molecule has 0 bridgehead atoms. The van der Waals surface area contributed by atoms with Crippen molar-refractivity contribution in [3.8, 4) is 28.7 Å². The number of carbonyl (C=O) groups is 1. The molecule has 4 aromatic rings. The van der Waals surface area contributed by atoms with Crippen molar-refractivity contribution < 1.29 is 13.9 Å². The van der Waals surface area contributed by atoms with Crippen LogP contribution in [0.3, 0.4) is 0 Å². The third kappa shape index (κ3) is 4.20. The van der Waals surface area contributed by atoms with Gasteiger partial charge in [-0.15, -0.1) is 10.2 Å². The fourth-order valence-corrected chi connectivity index (χ4v) is 3.15. The summed E-state index contributed by atoms with van der Waals surface area (Å²) < 4.78 is 11.8. The van der Waals surface area contributed by atoms with Gasteiger partial charge in [-0.05, 0) is 54.6 Å². The van der Waals surface area contributed by atoms with Crippen LogP contribution in [0.2, 0.25) is 0 Å². The average Bonchev–Trinajstić information content (AvgIpc) is 3.25. The summed E-state index contributed by atoms with van der Waals surface area (Å²) in [5, 5.41) is 11.1. The minimum absolute atomic E-state index is 0.264. The molecule has 0 atom stereocenters. The Balaban J connectivity index is 1.51. The van der Waals surface area contributed by atoms with Crippen molar-refractivity contribution in [3.05, 3.63) is 82.8 Å². The number of ether oxygens (including phenoxy) is 1. The molecule has 144 valence electrons. The number of aromatic nitrogens is 2. The molecule has 0 spiro atoms. The summed E-state index contributed by atoms with van der Waals surface area (Å²) in [6, 6.07) is 22.0. The minimum Gasteiger partial charge on any atom is -0.496 e. The summed E-state index contributed by atoms with van der Waals surface area (Å²) >= 11 is 3.37. The van der Waals surface area contributed by atoms with Crippen molar-refractivity contribution in [1.82, 2.24) is 10.2 Å². The number of halogens is 1. The number of carbonyl (C=O) groups excluding carboxylic acids is 1. The second kappa shape index (κ2) is 8.28. The van der Waals surface area contributed by atoms with E-state index in [1.807, 2.05) is 48.5 Å². The molecular weight excluding hydrogens is 434 g/mol. The second-order valence-corrected chi connectivity index (χ2v) is 7.07. The third-order valence-electron chi connectivity index (χ3n) is 4.24. The summed E-state index contributed by atoms with van der Waals surface area (Å²) in [5.74, 6) is 1.11. The van der Waals surface area contributed by atoms with Gasteiger partial charge in [0.05, 0.1) is 12.7 Å². The van der Waals surface area contributed by atoms with Gasteiger partial charge in [-0.1, -0.05) is 34.1 Å². The molecular formula is C22H16BrN3O3. The zero-order valence-electron chi connectivity index (χ0n) is 15.4. The van der Waals surface area contributed by atoms with Crippen LogP contribution in [-0.4, -0.2) is 23.2 Å². The van der Waals surface area contributed by atoms with Crippen molar-refractivity contribution >= 4 is 27.5 Å². The number of amides is 1. The molecule has 0 unspecified atom stereocenters. The number of benzene rings is 3. The molecule has 0 aliphatic rings. The van der Waals surface area contributed by atoms with Crippen molar-refractivity contribution in [2.24, 2.45) is 0 Å². The van der Waals surface area contributed by atoms with Gasteiger partial charge in [-0.3, -0.25) is 4.79 Å². The van der Waals surface area contributed by atoms with E-state index in [1.54, 1.807) is 24.3 Å². The number of nitrogens with zero attached hydrogens (tertiary/aromatic N) is 2. The van der Waals surface area contributed by atoms with Crippen LogP contribution in [0.4, 0.5) is 5.69 Å². The summed E-state index contributed by atoms with van der Waals surface area (Å²) in [6.45, 7) is 0. The Labute approximate surface area is 175 Å². The van der Waals surface area contributed by atoms with Gasteiger partial charge in [0.15, 0.2) is 0 Å². The topological polar surface area (TPSA) is 77.2 Å². The van der Waals surface area contributed by atoms with Crippen LogP contribution in [0.15, 0.2) is 81.7 Å². The monoisotopic (exact) mass is 449 g/mol. The zero-order chi connectivity index (χ0) is 20.2. The highest BCUT2D eigenvalue weighted by atomic mass is 79.9. The first-order chi connectivity index (χ1) is 14.1. The van der Waals surface area contributed by atoms with Gasteiger partial charge >= 0.3 is 0 Å². The Morgan fingerprint density at radius 3 is 2.24 bits per heavy atom. The van der Waals surface area contributed by atoms with Crippen molar-refractivity contribution in [2.75, 3.05) is 12.4 Å². The van der Waals surface area contributed by atoms with Crippen LogP contribution in [0, 0.1) is 0 Å². The summed E-state index contributed by atoms with van der Waals surface area (Å²) in [7, 11) is 1.53. The Kier molecular flexibility index (Phi) is 5.39. The quantitative estimate of drug-likeness (QED) is 0.439. The number of hydrogen-bond acceptors (Lipinski definition) is 5. The maximum atomic E-state index is 12.6. The van der Waals surface area contributed by atoms with Crippen LogP contribution < -0.4 is 10.1 Å². The van der Waals surface area contributed by atoms with E-state index >= 15 is 0 Å². The molecule has 7 heteroatoms. The molecule has 1 heterocycles. The van der Waals surface area contributed by atoms with Crippen molar-refractivity contribution in [2.45, 2.75) is 0 Å². The van der Waals surface area contributed by atoms with E-state index in [0.717, 1.165) is 15.6 Å². The van der Waals surface area contributed by atoms with E-state index in [1.165, 1.54) is 7.11 Å². The lowest BCUT2D eigenvalue weighted by Gasteiger charge is -2.10. The molecule has 1 amide bonds. The largest absolute Gasteiger partial charge is 0.496 e. The third-order valence-corrected chi connectivity index (χ3v) is 4.73. The number of hydrogen-bond donors (Lipinski definition) is 1. The lowest BCUT2D eigenvalue weighted by atomic mass is 10.1. The molecule has 1 N–H and O–H groups in total. The van der Waals surface area contributed by atoms with E-state index in [4.69, 9.17) is 9.15 Å². The van der Waals surface area contributed by atoms with E-state index < -0.39 is 0 Å². The molecule has 6 nitrogen and oxygen atoms in total. The molecule has 0 aliphatic carbocycles. The van der Waals surface area contributed by atoms with Gasteiger partial charge in [0.2, 0.25) is 11.8 Å². The first kappa shape index (κ1) is 18.9. The lowest BCUT2D eigenvalue weighted by Crippen LogP contribution is -2.13. The van der Waals surface area contributed by atoms with E-state index in [2.05, 4.69) is 31.4 Å². The van der Waals surface area contributed by atoms with Gasteiger partial charge in [0, 0.05) is 21.3 Å². The Hall–Kier alpha value is -3.45. The summed E-state index contributed by atoms with van der Waals surface area (Å²) in [6.07, 6.45) is 0.